The van der Waals surface area contributed by atoms with Crippen molar-refractivity contribution in [1.29, 1.82) is 0 Å². The number of hydrogen-bond acceptors (Lipinski definition) is 6. The van der Waals surface area contributed by atoms with Gasteiger partial charge in [0, 0.05) is 36.1 Å². The minimum atomic E-state index is -0.0609. The first kappa shape index (κ1) is 21.1. The standard InChI is InChI=1S/C23H22N4O2S2/c1-16-5-4-6-20(13-16)27(17(2)28)23-25-18(15-31-23)14-30-22-24-11-12-26(22)19-7-9-21(29-3)10-8-19/h4-13,15H,14H2,1-3H3. The summed E-state index contributed by atoms with van der Waals surface area (Å²) in [6, 6.07) is 15.7. The van der Waals surface area contributed by atoms with Gasteiger partial charge in [-0.3, -0.25) is 14.3 Å². The van der Waals surface area contributed by atoms with Crippen molar-refractivity contribution in [3.8, 4) is 11.4 Å². The lowest BCUT2D eigenvalue weighted by atomic mass is 10.2. The molecule has 0 saturated heterocycles. The Balaban J connectivity index is 1.50. The number of carbonyl (C=O) groups excluding carboxylic acids is 1. The molecule has 2 aromatic carbocycles. The first-order valence-corrected chi connectivity index (χ1v) is 11.5. The summed E-state index contributed by atoms with van der Waals surface area (Å²) in [5, 5.41) is 3.54. The second-order valence-electron chi connectivity index (χ2n) is 6.88. The molecule has 4 rings (SSSR count). The second kappa shape index (κ2) is 9.36. The molecule has 158 valence electrons. The first-order chi connectivity index (χ1) is 15.0. The summed E-state index contributed by atoms with van der Waals surface area (Å²) in [5.74, 6) is 1.41. The zero-order valence-electron chi connectivity index (χ0n) is 17.5. The van der Waals surface area contributed by atoms with Crippen LogP contribution in [-0.4, -0.2) is 27.6 Å². The van der Waals surface area contributed by atoms with Gasteiger partial charge >= 0.3 is 0 Å². The fourth-order valence-electron chi connectivity index (χ4n) is 3.13. The van der Waals surface area contributed by atoms with Gasteiger partial charge in [0.15, 0.2) is 10.3 Å². The largest absolute Gasteiger partial charge is 0.497 e. The van der Waals surface area contributed by atoms with Gasteiger partial charge in [-0.25, -0.2) is 9.97 Å². The molecule has 0 N–H and O–H groups in total. The number of amides is 1. The van der Waals surface area contributed by atoms with Gasteiger partial charge in [-0.15, -0.1) is 11.3 Å². The fraction of sp³-hybridized carbons (Fsp3) is 0.174. The molecule has 0 aliphatic heterocycles. The van der Waals surface area contributed by atoms with Gasteiger partial charge in [0.2, 0.25) is 5.91 Å². The maximum Gasteiger partial charge on any atom is 0.230 e. The summed E-state index contributed by atoms with van der Waals surface area (Å²) in [6.07, 6.45) is 3.72. The predicted octanol–water partition coefficient (Wildman–Crippen LogP) is 5.62. The molecule has 0 fully saturated rings. The quantitative estimate of drug-likeness (QED) is 0.342. The van der Waals surface area contributed by atoms with E-state index in [0.29, 0.717) is 10.9 Å². The molecule has 2 heterocycles. The predicted molar refractivity (Wildman–Crippen MR) is 126 cm³/mol. The summed E-state index contributed by atoms with van der Waals surface area (Å²) in [7, 11) is 1.65. The van der Waals surface area contributed by atoms with Crippen LogP contribution in [-0.2, 0) is 10.5 Å². The van der Waals surface area contributed by atoms with Gasteiger partial charge in [0.25, 0.3) is 0 Å². The highest BCUT2D eigenvalue weighted by atomic mass is 32.2. The molecule has 0 aliphatic carbocycles. The molecular formula is C23H22N4O2S2. The molecule has 31 heavy (non-hydrogen) atoms. The molecule has 0 unspecified atom stereocenters. The van der Waals surface area contributed by atoms with Crippen molar-refractivity contribution in [2.24, 2.45) is 0 Å². The van der Waals surface area contributed by atoms with E-state index in [2.05, 4.69) is 4.98 Å². The molecule has 1 amide bonds. The summed E-state index contributed by atoms with van der Waals surface area (Å²) in [4.78, 5) is 23.2. The third-order valence-electron chi connectivity index (χ3n) is 4.61. The number of aromatic nitrogens is 3. The SMILES string of the molecule is COc1ccc(-n2ccnc2SCc2csc(N(C(C)=O)c3cccc(C)c3)n2)cc1. The van der Waals surface area contributed by atoms with Crippen LogP contribution in [0, 0.1) is 6.92 Å². The van der Waals surface area contributed by atoms with Gasteiger partial charge in [-0.2, -0.15) is 0 Å². The molecule has 4 aromatic rings. The van der Waals surface area contributed by atoms with Crippen molar-refractivity contribution in [2.45, 2.75) is 24.8 Å². The van der Waals surface area contributed by atoms with Gasteiger partial charge in [0.1, 0.15) is 5.75 Å². The molecule has 0 aliphatic rings. The number of ether oxygens (including phenoxy) is 1. The average Bonchev–Trinajstić information content (AvgIpc) is 3.42. The summed E-state index contributed by atoms with van der Waals surface area (Å²) in [6.45, 7) is 3.57. The van der Waals surface area contributed by atoms with Gasteiger partial charge in [0.05, 0.1) is 18.5 Å². The maximum atomic E-state index is 12.3. The number of nitrogens with zero attached hydrogens (tertiary/aromatic N) is 4. The minimum Gasteiger partial charge on any atom is -0.497 e. The lowest BCUT2D eigenvalue weighted by molar-refractivity contribution is -0.115. The Morgan fingerprint density at radius 1 is 1.23 bits per heavy atom. The van der Waals surface area contributed by atoms with E-state index >= 15 is 0 Å². The highest BCUT2D eigenvalue weighted by Gasteiger charge is 2.18. The Kier molecular flexibility index (Phi) is 6.39. The van der Waals surface area contributed by atoms with Crippen molar-refractivity contribution >= 4 is 39.8 Å². The first-order valence-electron chi connectivity index (χ1n) is 9.67. The summed E-state index contributed by atoms with van der Waals surface area (Å²) >= 11 is 3.07. The van der Waals surface area contributed by atoms with Crippen LogP contribution >= 0.6 is 23.1 Å². The molecule has 0 radical (unpaired) electrons. The zero-order chi connectivity index (χ0) is 21.8. The number of benzene rings is 2. The van der Waals surface area contributed by atoms with E-state index in [1.54, 1.807) is 36.9 Å². The Hall–Kier alpha value is -3.10. The Labute approximate surface area is 189 Å². The zero-order valence-corrected chi connectivity index (χ0v) is 19.1. The van der Waals surface area contributed by atoms with E-state index in [1.807, 2.05) is 71.6 Å². The fourth-order valence-corrected chi connectivity index (χ4v) is 4.99. The Morgan fingerprint density at radius 3 is 2.74 bits per heavy atom. The molecular weight excluding hydrogens is 428 g/mol. The van der Waals surface area contributed by atoms with E-state index < -0.39 is 0 Å². The molecule has 6 nitrogen and oxygen atoms in total. The third-order valence-corrected chi connectivity index (χ3v) is 6.49. The molecule has 0 atom stereocenters. The van der Waals surface area contributed by atoms with E-state index in [4.69, 9.17) is 9.72 Å². The summed E-state index contributed by atoms with van der Waals surface area (Å²) in [5.41, 5.74) is 3.85. The number of thioether (sulfide) groups is 1. The molecule has 0 spiro atoms. The van der Waals surface area contributed by atoms with Crippen LogP contribution in [0.1, 0.15) is 18.2 Å². The number of carbonyl (C=O) groups is 1. The normalized spacial score (nSPS) is 10.8. The van der Waals surface area contributed by atoms with Crippen molar-refractivity contribution < 1.29 is 9.53 Å². The average molecular weight is 451 g/mol. The monoisotopic (exact) mass is 450 g/mol. The smallest absolute Gasteiger partial charge is 0.230 e. The second-order valence-corrected chi connectivity index (χ2v) is 8.66. The van der Waals surface area contributed by atoms with E-state index in [1.165, 1.54) is 11.3 Å². The highest BCUT2D eigenvalue weighted by molar-refractivity contribution is 7.98. The number of rotatable bonds is 7. The van der Waals surface area contributed by atoms with E-state index in [9.17, 15) is 4.79 Å². The topological polar surface area (TPSA) is 60.2 Å². The molecule has 2 aromatic heterocycles. The molecule has 0 bridgehead atoms. The minimum absolute atomic E-state index is 0.0609. The number of methoxy groups -OCH3 is 1. The van der Waals surface area contributed by atoms with Crippen LogP contribution < -0.4 is 9.64 Å². The van der Waals surface area contributed by atoms with E-state index in [-0.39, 0.29) is 5.91 Å². The van der Waals surface area contributed by atoms with Crippen molar-refractivity contribution in [3.63, 3.8) is 0 Å². The van der Waals surface area contributed by atoms with Crippen molar-refractivity contribution in [3.05, 3.63) is 77.6 Å². The number of aryl methyl sites for hydroxylation is 1. The van der Waals surface area contributed by atoms with Gasteiger partial charge in [-0.05, 0) is 48.9 Å². The third kappa shape index (κ3) is 4.81. The number of imidazole rings is 1. The Bertz CT molecular complexity index is 1180. The lowest BCUT2D eigenvalue weighted by Crippen LogP contribution is -2.22. The van der Waals surface area contributed by atoms with Crippen LogP contribution in [0.15, 0.2) is 71.5 Å². The maximum absolute atomic E-state index is 12.3. The Morgan fingerprint density at radius 2 is 2.03 bits per heavy atom. The van der Waals surface area contributed by atoms with Crippen LogP contribution in [0.2, 0.25) is 0 Å². The van der Waals surface area contributed by atoms with Crippen LogP contribution in [0.3, 0.4) is 0 Å². The highest BCUT2D eigenvalue weighted by Crippen LogP contribution is 2.32. The molecule has 8 heteroatoms. The molecule has 0 saturated carbocycles. The van der Waals surface area contributed by atoms with Crippen molar-refractivity contribution in [2.75, 3.05) is 12.0 Å². The number of anilines is 2. The van der Waals surface area contributed by atoms with Crippen LogP contribution in [0.4, 0.5) is 10.8 Å². The van der Waals surface area contributed by atoms with Gasteiger partial charge < -0.3 is 4.74 Å². The number of thiazole rings is 1. The van der Waals surface area contributed by atoms with Crippen LogP contribution in [0.25, 0.3) is 5.69 Å². The number of hydrogen-bond donors (Lipinski definition) is 0. The van der Waals surface area contributed by atoms with E-state index in [0.717, 1.165) is 33.5 Å². The lowest BCUT2D eigenvalue weighted by Gasteiger charge is -2.18. The van der Waals surface area contributed by atoms with Gasteiger partial charge in [-0.1, -0.05) is 23.9 Å². The van der Waals surface area contributed by atoms with Crippen molar-refractivity contribution in [1.82, 2.24) is 14.5 Å². The summed E-state index contributed by atoms with van der Waals surface area (Å²) < 4.78 is 7.27. The van der Waals surface area contributed by atoms with Crippen LogP contribution in [0.5, 0.6) is 5.75 Å².